The van der Waals surface area contributed by atoms with E-state index in [2.05, 4.69) is 36.0 Å². The van der Waals surface area contributed by atoms with Gasteiger partial charge in [-0.15, -0.1) is 0 Å². The second-order valence-electron chi connectivity index (χ2n) is 5.38. The SMILES string of the molecule is COc1cc2c(Nc3ccc(Br)c(Cl)c3)ncnc2cc1OC(=O)C(F)(F)F. The molecule has 6 nitrogen and oxygen atoms in total. The number of methoxy groups -OCH3 is 1. The van der Waals surface area contributed by atoms with Crippen LogP contribution in [0, 0.1) is 0 Å². The van der Waals surface area contributed by atoms with Crippen molar-refractivity contribution in [3.8, 4) is 11.5 Å². The predicted octanol–water partition coefficient (Wildman–Crippen LogP) is 5.27. The summed E-state index contributed by atoms with van der Waals surface area (Å²) in [6.45, 7) is 0. The Kier molecular flexibility index (Phi) is 5.61. The number of fused-ring (bicyclic) bond motifs is 1. The summed E-state index contributed by atoms with van der Waals surface area (Å²) >= 11 is 9.36. The Labute approximate surface area is 169 Å². The van der Waals surface area contributed by atoms with Crippen LogP contribution in [0.5, 0.6) is 11.5 Å². The molecule has 3 aromatic rings. The maximum absolute atomic E-state index is 12.5. The van der Waals surface area contributed by atoms with Crippen LogP contribution in [-0.2, 0) is 4.79 Å². The van der Waals surface area contributed by atoms with Gasteiger partial charge in [0.25, 0.3) is 0 Å². The van der Waals surface area contributed by atoms with E-state index < -0.39 is 17.9 Å². The maximum atomic E-state index is 12.5. The van der Waals surface area contributed by atoms with Crippen LogP contribution in [0.4, 0.5) is 24.7 Å². The molecule has 0 unspecified atom stereocenters. The Morgan fingerprint density at radius 2 is 1.93 bits per heavy atom. The van der Waals surface area contributed by atoms with Gasteiger partial charge < -0.3 is 14.8 Å². The van der Waals surface area contributed by atoms with Crippen molar-refractivity contribution in [3.05, 3.63) is 46.2 Å². The molecular weight excluding hydrogens is 467 g/mol. The zero-order valence-electron chi connectivity index (χ0n) is 14.0. The molecule has 0 aliphatic rings. The Morgan fingerprint density at radius 1 is 1.18 bits per heavy atom. The number of rotatable bonds is 4. The molecule has 11 heteroatoms. The molecule has 146 valence electrons. The van der Waals surface area contributed by atoms with E-state index >= 15 is 0 Å². The van der Waals surface area contributed by atoms with Crippen LogP contribution in [0.25, 0.3) is 10.9 Å². The molecule has 0 fully saturated rings. The van der Waals surface area contributed by atoms with Gasteiger partial charge in [-0.3, -0.25) is 0 Å². The average molecular weight is 477 g/mol. The molecule has 28 heavy (non-hydrogen) atoms. The molecule has 0 radical (unpaired) electrons. The normalized spacial score (nSPS) is 11.4. The van der Waals surface area contributed by atoms with Gasteiger partial charge in [-0.2, -0.15) is 13.2 Å². The number of hydrogen-bond donors (Lipinski definition) is 1. The van der Waals surface area contributed by atoms with Crippen molar-refractivity contribution in [1.82, 2.24) is 9.97 Å². The van der Waals surface area contributed by atoms with Crippen LogP contribution in [0.3, 0.4) is 0 Å². The fourth-order valence-electron chi connectivity index (χ4n) is 2.27. The number of hydrogen-bond acceptors (Lipinski definition) is 6. The van der Waals surface area contributed by atoms with Gasteiger partial charge in [-0.05, 0) is 40.2 Å². The van der Waals surface area contributed by atoms with Crippen molar-refractivity contribution in [1.29, 1.82) is 0 Å². The highest BCUT2D eigenvalue weighted by Crippen LogP contribution is 2.36. The van der Waals surface area contributed by atoms with Gasteiger partial charge in [0.05, 0.1) is 17.6 Å². The topological polar surface area (TPSA) is 73.3 Å². The summed E-state index contributed by atoms with van der Waals surface area (Å²) in [6.07, 6.45) is -3.92. The molecule has 0 saturated heterocycles. The number of aromatic nitrogens is 2. The lowest BCUT2D eigenvalue weighted by atomic mass is 10.2. The number of esters is 1. The Hall–Kier alpha value is -2.59. The average Bonchev–Trinajstić information content (AvgIpc) is 2.63. The molecule has 1 aromatic heterocycles. The minimum atomic E-state index is -5.14. The molecule has 0 spiro atoms. The molecule has 0 saturated carbocycles. The molecule has 3 rings (SSSR count). The van der Waals surface area contributed by atoms with Crippen molar-refractivity contribution in [2.24, 2.45) is 0 Å². The van der Waals surface area contributed by atoms with Crippen LogP contribution < -0.4 is 14.8 Å². The molecule has 0 bridgehead atoms. The van der Waals surface area contributed by atoms with Crippen LogP contribution in [0.15, 0.2) is 41.1 Å². The third kappa shape index (κ3) is 4.28. The number of anilines is 2. The summed E-state index contributed by atoms with van der Waals surface area (Å²) < 4.78 is 47.6. The van der Waals surface area contributed by atoms with Crippen LogP contribution in [0.1, 0.15) is 0 Å². The van der Waals surface area contributed by atoms with E-state index in [9.17, 15) is 18.0 Å². The van der Waals surface area contributed by atoms with Crippen molar-refractivity contribution >= 4 is 55.9 Å². The summed E-state index contributed by atoms with van der Waals surface area (Å²) in [5.74, 6) is -2.50. The third-order valence-corrected chi connectivity index (χ3v) is 4.77. The number of carbonyl (C=O) groups is 1. The number of carbonyl (C=O) groups excluding carboxylic acids is 1. The first-order valence-electron chi connectivity index (χ1n) is 7.53. The van der Waals surface area contributed by atoms with Gasteiger partial charge in [0.2, 0.25) is 0 Å². The quantitative estimate of drug-likeness (QED) is 0.409. The minimum absolute atomic E-state index is 0.0863. The molecule has 1 N–H and O–H groups in total. The highest BCUT2D eigenvalue weighted by molar-refractivity contribution is 9.10. The number of benzene rings is 2. The lowest BCUT2D eigenvalue weighted by Crippen LogP contribution is -2.28. The largest absolute Gasteiger partial charge is 0.493 e. The van der Waals surface area contributed by atoms with Crippen LogP contribution >= 0.6 is 27.5 Å². The van der Waals surface area contributed by atoms with Gasteiger partial charge in [-0.1, -0.05) is 11.6 Å². The molecular formula is C17H10BrClF3N3O3. The number of halogens is 5. The zero-order chi connectivity index (χ0) is 20.5. The maximum Gasteiger partial charge on any atom is 0.491 e. The van der Waals surface area contributed by atoms with Gasteiger partial charge in [0.15, 0.2) is 11.5 Å². The summed E-state index contributed by atoms with van der Waals surface area (Å²) in [6, 6.07) is 7.69. The summed E-state index contributed by atoms with van der Waals surface area (Å²) in [5, 5.41) is 3.96. The van der Waals surface area contributed by atoms with Crippen molar-refractivity contribution in [3.63, 3.8) is 0 Å². The van der Waals surface area contributed by atoms with Crippen LogP contribution in [-0.4, -0.2) is 29.2 Å². The summed E-state index contributed by atoms with van der Waals surface area (Å²) in [5.41, 5.74) is 0.867. The van der Waals surface area contributed by atoms with E-state index in [0.29, 0.717) is 26.4 Å². The fourth-order valence-corrected chi connectivity index (χ4v) is 2.70. The summed E-state index contributed by atoms with van der Waals surface area (Å²) in [7, 11) is 1.23. The highest BCUT2D eigenvalue weighted by Gasteiger charge is 2.41. The van der Waals surface area contributed by atoms with E-state index in [4.69, 9.17) is 16.3 Å². The molecule has 0 atom stereocenters. The van der Waals surface area contributed by atoms with Crippen molar-refractivity contribution < 1.29 is 27.4 Å². The second kappa shape index (κ2) is 7.80. The van der Waals surface area contributed by atoms with E-state index in [-0.39, 0.29) is 11.3 Å². The monoisotopic (exact) mass is 475 g/mol. The van der Waals surface area contributed by atoms with E-state index in [0.717, 1.165) is 0 Å². The van der Waals surface area contributed by atoms with Gasteiger partial charge in [0, 0.05) is 21.6 Å². The first-order chi connectivity index (χ1) is 13.2. The Bertz CT molecular complexity index is 1060. The standard InChI is InChI=1S/C17H10BrClF3N3O3/c1-27-13-5-9-12(6-14(13)28-16(26)17(20,21)22)23-7-24-15(9)25-8-2-3-10(18)11(19)4-8/h2-7H,1H3,(H,23,24,25). The van der Waals surface area contributed by atoms with E-state index in [1.807, 2.05) is 0 Å². The number of ether oxygens (including phenoxy) is 2. The third-order valence-electron chi connectivity index (χ3n) is 3.54. The molecule has 1 heterocycles. The number of nitrogens with one attached hydrogen (secondary N) is 1. The smallest absolute Gasteiger partial charge is 0.491 e. The van der Waals surface area contributed by atoms with E-state index in [1.165, 1.54) is 25.6 Å². The highest BCUT2D eigenvalue weighted by atomic mass is 79.9. The Morgan fingerprint density at radius 3 is 2.57 bits per heavy atom. The minimum Gasteiger partial charge on any atom is -0.493 e. The number of nitrogens with zero attached hydrogens (tertiary/aromatic N) is 2. The lowest BCUT2D eigenvalue weighted by molar-refractivity contribution is -0.189. The number of alkyl halides is 3. The van der Waals surface area contributed by atoms with Gasteiger partial charge >= 0.3 is 12.1 Å². The van der Waals surface area contributed by atoms with E-state index in [1.54, 1.807) is 18.2 Å². The molecule has 2 aromatic carbocycles. The fraction of sp³-hybridized carbons (Fsp3) is 0.118. The first kappa shape index (κ1) is 20.2. The second-order valence-corrected chi connectivity index (χ2v) is 6.65. The van der Waals surface area contributed by atoms with Crippen LogP contribution in [0.2, 0.25) is 5.02 Å². The lowest BCUT2D eigenvalue weighted by Gasteiger charge is -2.13. The first-order valence-corrected chi connectivity index (χ1v) is 8.70. The van der Waals surface area contributed by atoms with Gasteiger partial charge in [-0.25, -0.2) is 14.8 Å². The molecule has 0 amide bonds. The molecule has 0 aliphatic carbocycles. The molecule has 0 aliphatic heterocycles. The van der Waals surface area contributed by atoms with Crippen molar-refractivity contribution in [2.75, 3.05) is 12.4 Å². The predicted molar refractivity (Wildman–Crippen MR) is 100 cm³/mol. The van der Waals surface area contributed by atoms with Crippen molar-refractivity contribution in [2.45, 2.75) is 6.18 Å². The summed E-state index contributed by atoms with van der Waals surface area (Å²) in [4.78, 5) is 19.3. The zero-order valence-corrected chi connectivity index (χ0v) is 16.3. The Balaban J connectivity index is 2.02. The van der Waals surface area contributed by atoms with Gasteiger partial charge in [0.1, 0.15) is 12.1 Å².